The van der Waals surface area contributed by atoms with Crippen LogP contribution in [0.5, 0.6) is 0 Å². The van der Waals surface area contributed by atoms with Crippen LogP contribution in [0.4, 0.5) is 10.8 Å². The van der Waals surface area contributed by atoms with E-state index >= 15 is 0 Å². The van der Waals surface area contributed by atoms with Gasteiger partial charge in [-0.2, -0.15) is 12.6 Å². The lowest BCUT2D eigenvalue weighted by atomic mass is 10.1. The third-order valence-electron chi connectivity index (χ3n) is 2.84. The van der Waals surface area contributed by atoms with Crippen molar-refractivity contribution in [2.45, 2.75) is 6.04 Å². The van der Waals surface area contributed by atoms with Gasteiger partial charge in [0.2, 0.25) is 0 Å². The molecule has 0 saturated carbocycles. The van der Waals surface area contributed by atoms with E-state index in [-0.39, 0.29) is 11.4 Å². The van der Waals surface area contributed by atoms with Gasteiger partial charge in [-0.3, -0.25) is 10.1 Å². The zero-order chi connectivity index (χ0) is 16.1. The number of non-ortho nitro benzene ring substituents is 1. The summed E-state index contributed by atoms with van der Waals surface area (Å²) in [5.41, 5.74) is 1.46. The summed E-state index contributed by atoms with van der Waals surface area (Å²) < 4.78 is 4.67. The van der Waals surface area contributed by atoms with Crippen molar-refractivity contribution < 1.29 is 14.5 Å². The number of hydrogen-bond acceptors (Lipinski definition) is 8. The molecule has 116 valence electrons. The minimum atomic E-state index is -0.579. The number of rotatable bonds is 6. The first-order valence-corrected chi connectivity index (χ1v) is 7.72. The molecular weight excluding hydrogens is 326 g/mol. The number of nitro benzene ring substituents is 1. The molecule has 0 unspecified atom stereocenters. The standard InChI is InChI=1S/C13H13N3O4S2/c1-20-12(17)10(6-21)14-13-15-11(7-22-13)8-2-4-9(5-3-8)16(18)19/h2-5,7,10,21H,6H2,1H3,(H,14,15)/t10-/m0/s1. The number of hydrogen-bond donors (Lipinski definition) is 2. The lowest BCUT2D eigenvalue weighted by Crippen LogP contribution is -2.32. The van der Waals surface area contributed by atoms with Gasteiger partial charge < -0.3 is 10.1 Å². The number of esters is 1. The maximum Gasteiger partial charge on any atom is 0.329 e. The summed E-state index contributed by atoms with van der Waals surface area (Å²) in [4.78, 5) is 26.0. The second-order valence-electron chi connectivity index (χ2n) is 4.24. The molecule has 0 bridgehead atoms. The van der Waals surface area contributed by atoms with Crippen LogP contribution in [0.15, 0.2) is 29.6 Å². The average Bonchev–Trinajstić information content (AvgIpc) is 3.00. The molecule has 1 aromatic carbocycles. The molecule has 22 heavy (non-hydrogen) atoms. The van der Waals surface area contributed by atoms with Gasteiger partial charge in [-0.15, -0.1) is 11.3 Å². The summed E-state index contributed by atoms with van der Waals surface area (Å²) >= 11 is 5.42. The van der Waals surface area contributed by atoms with Gasteiger partial charge in [0.1, 0.15) is 6.04 Å². The van der Waals surface area contributed by atoms with Gasteiger partial charge in [-0.25, -0.2) is 9.78 Å². The summed E-state index contributed by atoms with van der Waals surface area (Å²) in [6.45, 7) is 0. The Labute approximate surface area is 135 Å². The molecule has 1 aromatic heterocycles. The molecule has 0 aliphatic heterocycles. The molecule has 0 radical (unpaired) electrons. The van der Waals surface area contributed by atoms with E-state index in [0.29, 0.717) is 10.8 Å². The number of nitro groups is 1. The number of aromatic nitrogens is 1. The van der Waals surface area contributed by atoms with Gasteiger partial charge in [0.25, 0.3) is 5.69 Å². The highest BCUT2D eigenvalue weighted by Crippen LogP contribution is 2.26. The molecule has 1 N–H and O–H groups in total. The van der Waals surface area contributed by atoms with Gasteiger partial charge in [0.15, 0.2) is 5.13 Å². The Morgan fingerprint density at radius 2 is 2.18 bits per heavy atom. The third kappa shape index (κ3) is 3.74. The van der Waals surface area contributed by atoms with E-state index in [4.69, 9.17) is 0 Å². The van der Waals surface area contributed by atoms with Crippen LogP contribution in [-0.4, -0.2) is 34.8 Å². The minimum Gasteiger partial charge on any atom is -0.467 e. The molecule has 2 aromatic rings. The fraction of sp³-hybridized carbons (Fsp3) is 0.231. The normalized spacial score (nSPS) is 11.7. The van der Waals surface area contributed by atoms with Crippen LogP contribution in [-0.2, 0) is 9.53 Å². The first-order chi connectivity index (χ1) is 10.5. The lowest BCUT2D eigenvalue weighted by molar-refractivity contribution is -0.384. The largest absolute Gasteiger partial charge is 0.467 e. The molecule has 1 heterocycles. The summed E-state index contributed by atoms with van der Waals surface area (Å²) in [7, 11) is 1.31. The predicted octanol–water partition coefficient (Wildman–Crippen LogP) is 2.60. The van der Waals surface area contributed by atoms with Gasteiger partial charge in [-0.05, 0) is 12.1 Å². The zero-order valence-corrected chi connectivity index (χ0v) is 13.3. The molecule has 9 heteroatoms. The Bertz CT molecular complexity index is 672. The Balaban J connectivity index is 2.13. The number of nitrogens with one attached hydrogen (secondary N) is 1. The second-order valence-corrected chi connectivity index (χ2v) is 5.47. The Kier molecular flexibility index (Phi) is 5.34. The summed E-state index contributed by atoms with van der Waals surface area (Å²) in [5.74, 6) is -0.138. The topological polar surface area (TPSA) is 94.4 Å². The molecule has 0 amide bonds. The van der Waals surface area contributed by atoms with Crippen molar-refractivity contribution in [1.82, 2.24) is 4.98 Å². The van der Waals surface area contributed by atoms with E-state index in [9.17, 15) is 14.9 Å². The van der Waals surface area contributed by atoms with E-state index in [1.54, 1.807) is 17.5 Å². The predicted molar refractivity (Wildman–Crippen MR) is 87.5 cm³/mol. The first-order valence-electron chi connectivity index (χ1n) is 6.20. The second kappa shape index (κ2) is 7.23. The number of methoxy groups -OCH3 is 1. The van der Waals surface area contributed by atoms with Crippen molar-refractivity contribution in [2.75, 3.05) is 18.2 Å². The fourth-order valence-electron chi connectivity index (χ4n) is 1.70. The van der Waals surface area contributed by atoms with E-state index in [0.717, 1.165) is 5.56 Å². The highest BCUT2D eigenvalue weighted by atomic mass is 32.1. The third-order valence-corrected chi connectivity index (χ3v) is 3.98. The molecule has 2 rings (SSSR count). The summed E-state index contributed by atoms with van der Waals surface area (Å²) in [6, 6.07) is 5.53. The van der Waals surface area contributed by atoms with E-state index < -0.39 is 16.9 Å². The highest BCUT2D eigenvalue weighted by Gasteiger charge is 2.18. The number of benzene rings is 1. The number of anilines is 1. The van der Waals surface area contributed by atoms with Gasteiger partial charge in [0.05, 0.1) is 17.7 Å². The van der Waals surface area contributed by atoms with Crippen molar-refractivity contribution in [2.24, 2.45) is 0 Å². The smallest absolute Gasteiger partial charge is 0.329 e. The van der Waals surface area contributed by atoms with Crippen LogP contribution in [0.1, 0.15) is 0 Å². The van der Waals surface area contributed by atoms with Crippen molar-refractivity contribution in [3.63, 3.8) is 0 Å². The number of carbonyl (C=O) groups excluding carboxylic acids is 1. The van der Waals surface area contributed by atoms with Gasteiger partial charge in [0, 0.05) is 28.8 Å². The number of thiol groups is 1. The molecule has 0 aliphatic carbocycles. The Hall–Kier alpha value is -2.13. The maximum atomic E-state index is 11.5. The quantitative estimate of drug-likeness (QED) is 0.364. The monoisotopic (exact) mass is 339 g/mol. The number of nitrogens with zero attached hydrogens (tertiary/aromatic N) is 2. The zero-order valence-electron chi connectivity index (χ0n) is 11.6. The van der Waals surface area contributed by atoms with Crippen LogP contribution in [0.3, 0.4) is 0 Å². The number of carbonyl (C=O) groups is 1. The maximum absolute atomic E-state index is 11.5. The number of thiazole rings is 1. The van der Waals surface area contributed by atoms with Crippen molar-refractivity contribution in [3.8, 4) is 11.3 Å². The molecule has 0 aliphatic rings. The molecule has 0 spiro atoms. The summed E-state index contributed by atoms with van der Waals surface area (Å²) in [5, 5.41) is 15.9. The minimum absolute atomic E-state index is 0.0261. The van der Waals surface area contributed by atoms with Crippen molar-refractivity contribution in [1.29, 1.82) is 0 Å². The molecule has 0 fully saturated rings. The Morgan fingerprint density at radius 3 is 2.73 bits per heavy atom. The lowest BCUT2D eigenvalue weighted by Gasteiger charge is -2.12. The molecule has 7 nitrogen and oxygen atoms in total. The number of ether oxygens (including phenoxy) is 1. The van der Waals surface area contributed by atoms with Crippen LogP contribution in [0.25, 0.3) is 11.3 Å². The van der Waals surface area contributed by atoms with Crippen LogP contribution in [0, 0.1) is 10.1 Å². The van der Waals surface area contributed by atoms with Crippen molar-refractivity contribution in [3.05, 3.63) is 39.8 Å². The van der Waals surface area contributed by atoms with E-state index in [1.807, 2.05) is 0 Å². The van der Waals surface area contributed by atoms with Gasteiger partial charge >= 0.3 is 5.97 Å². The highest BCUT2D eigenvalue weighted by molar-refractivity contribution is 7.80. The van der Waals surface area contributed by atoms with E-state index in [1.165, 1.54) is 30.6 Å². The van der Waals surface area contributed by atoms with Crippen LogP contribution >= 0.6 is 24.0 Å². The average molecular weight is 339 g/mol. The van der Waals surface area contributed by atoms with Crippen LogP contribution < -0.4 is 5.32 Å². The van der Waals surface area contributed by atoms with E-state index in [2.05, 4.69) is 27.7 Å². The molecule has 1 atom stereocenters. The Morgan fingerprint density at radius 1 is 1.50 bits per heavy atom. The summed E-state index contributed by atoms with van der Waals surface area (Å²) in [6.07, 6.45) is 0. The molecular formula is C13H13N3O4S2. The van der Waals surface area contributed by atoms with Crippen LogP contribution in [0.2, 0.25) is 0 Å². The SMILES string of the molecule is COC(=O)[C@H](CS)Nc1nc(-c2ccc([N+](=O)[O-])cc2)cs1. The fourth-order valence-corrected chi connectivity index (χ4v) is 2.71. The first kappa shape index (κ1) is 16.2. The molecule has 0 saturated heterocycles. The van der Waals surface area contributed by atoms with Gasteiger partial charge in [-0.1, -0.05) is 0 Å². The van der Waals surface area contributed by atoms with Crippen molar-refractivity contribution >= 4 is 40.8 Å².